The van der Waals surface area contributed by atoms with Crippen molar-refractivity contribution in [3.05, 3.63) is 36.5 Å². The lowest BCUT2D eigenvalue weighted by atomic mass is 10.0. The van der Waals surface area contributed by atoms with E-state index in [0.29, 0.717) is 19.3 Å². The number of unbranched alkanes of at least 4 members (excludes halogenated alkanes) is 33. The Kier molecular flexibility index (Phi) is 50.3. The minimum absolute atomic E-state index is 0.0685. The van der Waals surface area contributed by atoms with E-state index in [1.165, 1.54) is 173 Å². The van der Waals surface area contributed by atoms with E-state index in [2.05, 4.69) is 57.2 Å². The van der Waals surface area contributed by atoms with Crippen LogP contribution in [0, 0.1) is 0 Å². The molecule has 1 unspecified atom stereocenters. The Morgan fingerprint density at radius 1 is 0.317 bits per heavy atom. The molecule has 0 N–H and O–H groups in total. The maximum Gasteiger partial charge on any atom is 0.306 e. The SMILES string of the molecule is CCCCCCC/C=C\C/C=C\C/C=C\CCCCCCCCCCCCCCCCCCC(=O)OCC(COC(=O)CCCCCCC)OC(=O)CCCCCCCCCCC. The van der Waals surface area contributed by atoms with Crippen LogP contribution in [-0.4, -0.2) is 37.2 Å². The van der Waals surface area contributed by atoms with Crippen LogP contribution >= 0.6 is 0 Å². The third-order valence-corrected chi connectivity index (χ3v) is 12.1. The first-order valence-electron chi connectivity index (χ1n) is 27.5. The fraction of sp³-hybridized carbons (Fsp3) is 0.842. The molecule has 0 spiro atoms. The van der Waals surface area contributed by atoms with Crippen LogP contribution in [0.5, 0.6) is 0 Å². The summed E-state index contributed by atoms with van der Waals surface area (Å²) in [6, 6.07) is 0. The smallest absolute Gasteiger partial charge is 0.306 e. The number of allylic oxidation sites excluding steroid dienone is 6. The Bertz CT molecular complexity index is 1060. The van der Waals surface area contributed by atoms with E-state index >= 15 is 0 Å². The molecule has 0 aromatic rings. The quantitative estimate of drug-likeness (QED) is 0.0262. The highest BCUT2D eigenvalue weighted by Gasteiger charge is 2.19. The van der Waals surface area contributed by atoms with E-state index in [1.807, 2.05) is 0 Å². The fourth-order valence-electron chi connectivity index (χ4n) is 7.98. The summed E-state index contributed by atoms with van der Waals surface area (Å²) in [4.78, 5) is 37.5. The van der Waals surface area contributed by atoms with Crippen molar-refractivity contribution in [2.24, 2.45) is 0 Å². The average Bonchev–Trinajstić information content (AvgIpc) is 3.28. The minimum atomic E-state index is -0.761. The third-order valence-electron chi connectivity index (χ3n) is 12.1. The van der Waals surface area contributed by atoms with Gasteiger partial charge >= 0.3 is 17.9 Å². The molecule has 0 aliphatic heterocycles. The molecule has 0 bridgehead atoms. The molecule has 6 heteroatoms. The highest BCUT2D eigenvalue weighted by Crippen LogP contribution is 2.16. The second kappa shape index (κ2) is 52.3. The first-order valence-corrected chi connectivity index (χ1v) is 27.5. The van der Waals surface area contributed by atoms with Gasteiger partial charge in [0.05, 0.1) is 0 Å². The van der Waals surface area contributed by atoms with Gasteiger partial charge in [-0.15, -0.1) is 0 Å². The van der Waals surface area contributed by atoms with Crippen LogP contribution in [0.15, 0.2) is 36.5 Å². The summed E-state index contributed by atoms with van der Waals surface area (Å²) in [5.74, 6) is -0.876. The van der Waals surface area contributed by atoms with Gasteiger partial charge in [-0.1, -0.05) is 250 Å². The highest BCUT2D eigenvalue weighted by molar-refractivity contribution is 5.71. The summed E-state index contributed by atoms with van der Waals surface area (Å²) < 4.78 is 16.6. The zero-order valence-electron chi connectivity index (χ0n) is 42.1. The lowest BCUT2D eigenvalue weighted by Gasteiger charge is -2.18. The normalized spacial score (nSPS) is 12.2. The molecular weight excluding hydrogens is 781 g/mol. The van der Waals surface area contributed by atoms with Crippen LogP contribution in [0.1, 0.15) is 290 Å². The van der Waals surface area contributed by atoms with Crippen LogP contribution in [0.3, 0.4) is 0 Å². The van der Waals surface area contributed by atoms with Crippen molar-refractivity contribution in [1.82, 2.24) is 0 Å². The van der Waals surface area contributed by atoms with Gasteiger partial charge in [-0.2, -0.15) is 0 Å². The topological polar surface area (TPSA) is 78.9 Å². The monoisotopic (exact) mass is 885 g/mol. The number of hydrogen-bond donors (Lipinski definition) is 0. The summed E-state index contributed by atoms with van der Waals surface area (Å²) in [7, 11) is 0. The van der Waals surface area contributed by atoms with E-state index in [1.54, 1.807) is 0 Å². The van der Waals surface area contributed by atoms with Gasteiger partial charge in [0.2, 0.25) is 0 Å². The number of rotatable bonds is 50. The molecule has 0 rings (SSSR count). The molecule has 6 nitrogen and oxygen atoms in total. The largest absolute Gasteiger partial charge is 0.462 e. The lowest BCUT2D eigenvalue weighted by Crippen LogP contribution is -2.30. The van der Waals surface area contributed by atoms with E-state index in [-0.39, 0.29) is 31.1 Å². The maximum absolute atomic E-state index is 12.6. The molecule has 0 saturated heterocycles. The van der Waals surface area contributed by atoms with Crippen molar-refractivity contribution in [2.75, 3.05) is 13.2 Å². The second-order valence-electron chi connectivity index (χ2n) is 18.5. The zero-order chi connectivity index (χ0) is 45.8. The zero-order valence-corrected chi connectivity index (χ0v) is 42.1. The van der Waals surface area contributed by atoms with Crippen LogP contribution in [0.25, 0.3) is 0 Å². The van der Waals surface area contributed by atoms with Crippen LogP contribution in [0.2, 0.25) is 0 Å². The standard InChI is InChI=1S/C57H104O6/c1-4-7-10-13-15-17-18-19-20-21-22-23-24-25-26-27-28-29-30-31-32-33-34-35-36-37-38-40-41-44-47-50-56(59)62-53-54(52-61-55(58)49-46-43-12-9-6-3)63-57(60)51-48-45-42-39-16-14-11-8-5-2/h18-19,21-22,24-25,54H,4-17,20,23,26-53H2,1-3H3/b19-18-,22-21-,25-24-. The molecule has 0 aliphatic rings. The molecule has 1 atom stereocenters. The predicted octanol–water partition coefficient (Wildman–Crippen LogP) is 18.1. The van der Waals surface area contributed by atoms with Gasteiger partial charge in [-0.3, -0.25) is 14.4 Å². The Hall–Kier alpha value is -2.37. The first-order chi connectivity index (χ1) is 31.0. The van der Waals surface area contributed by atoms with Crippen molar-refractivity contribution < 1.29 is 28.6 Å². The number of ether oxygens (including phenoxy) is 3. The van der Waals surface area contributed by atoms with Crippen LogP contribution < -0.4 is 0 Å². The summed E-state index contributed by atoms with van der Waals surface area (Å²) in [6.07, 6.45) is 62.0. The van der Waals surface area contributed by atoms with Crippen molar-refractivity contribution in [3.8, 4) is 0 Å². The molecule has 368 valence electrons. The summed E-state index contributed by atoms with van der Waals surface area (Å²) in [6.45, 7) is 6.54. The second-order valence-corrected chi connectivity index (χ2v) is 18.5. The van der Waals surface area contributed by atoms with Crippen LogP contribution in [-0.2, 0) is 28.6 Å². The summed E-state index contributed by atoms with van der Waals surface area (Å²) in [5.41, 5.74) is 0. The molecule has 0 aromatic carbocycles. The molecule has 0 saturated carbocycles. The van der Waals surface area contributed by atoms with Gasteiger partial charge in [-0.25, -0.2) is 0 Å². The van der Waals surface area contributed by atoms with Crippen molar-refractivity contribution >= 4 is 17.9 Å². The molecule has 0 heterocycles. The van der Waals surface area contributed by atoms with Crippen molar-refractivity contribution in [2.45, 2.75) is 297 Å². The van der Waals surface area contributed by atoms with E-state index < -0.39 is 6.10 Å². The van der Waals surface area contributed by atoms with Gasteiger partial charge in [-0.05, 0) is 57.8 Å². The number of carbonyl (C=O) groups is 3. The minimum Gasteiger partial charge on any atom is -0.462 e. The predicted molar refractivity (Wildman–Crippen MR) is 270 cm³/mol. The molecule has 0 amide bonds. The Labute approximate surface area is 391 Å². The van der Waals surface area contributed by atoms with Gasteiger partial charge in [0.1, 0.15) is 13.2 Å². The van der Waals surface area contributed by atoms with Crippen molar-refractivity contribution in [3.63, 3.8) is 0 Å². The van der Waals surface area contributed by atoms with Gasteiger partial charge < -0.3 is 14.2 Å². The van der Waals surface area contributed by atoms with E-state index in [0.717, 1.165) is 77.0 Å². The molecule has 0 aliphatic carbocycles. The van der Waals surface area contributed by atoms with Crippen LogP contribution in [0.4, 0.5) is 0 Å². The Morgan fingerprint density at radius 3 is 0.889 bits per heavy atom. The Morgan fingerprint density at radius 2 is 0.571 bits per heavy atom. The molecule has 0 fully saturated rings. The first kappa shape index (κ1) is 60.6. The summed E-state index contributed by atoms with van der Waals surface area (Å²) in [5, 5.41) is 0. The lowest BCUT2D eigenvalue weighted by molar-refractivity contribution is -0.167. The molecule has 0 radical (unpaired) electrons. The Balaban J connectivity index is 3.87. The molecule has 0 aromatic heterocycles. The highest BCUT2D eigenvalue weighted by atomic mass is 16.6. The average molecular weight is 885 g/mol. The van der Waals surface area contributed by atoms with Gasteiger partial charge in [0.15, 0.2) is 6.10 Å². The number of esters is 3. The van der Waals surface area contributed by atoms with Gasteiger partial charge in [0, 0.05) is 19.3 Å². The maximum atomic E-state index is 12.6. The van der Waals surface area contributed by atoms with Crippen molar-refractivity contribution in [1.29, 1.82) is 0 Å². The number of hydrogen-bond acceptors (Lipinski definition) is 6. The number of carbonyl (C=O) groups excluding carboxylic acids is 3. The fourth-order valence-corrected chi connectivity index (χ4v) is 7.98. The third kappa shape index (κ3) is 50.5. The summed E-state index contributed by atoms with van der Waals surface area (Å²) >= 11 is 0. The molecule has 63 heavy (non-hydrogen) atoms. The molecular formula is C57H104O6. The van der Waals surface area contributed by atoms with E-state index in [4.69, 9.17) is 14.2 Å². The van der Waals surface area contributed by atoms with E-state index in [9.17, 15) is 14.4 Å². The van der Waals surface area contributed by atoms with Gasteiger partial charge in [0.25, 0.3) is 0 Å².